The van der Waals surface area contributed by atoms with E-state index in [1.807, 2.05) is 45.9 Å². The molecule has 0 aliphatic heterocycles. The topological polar surface area (TPSA) is 72.5 Å². The molecule has 1 unspecified atom stereocenters. The zero-order chi connectivity index (χ0) is 16.6. The van der Waals surface area contributed by atoms with Crippen molar-refractivity contribution in [1.29, 1.82) is 0 Å². The van der Waals surface area contributed by atoms with Gasteiger partial charge in [-0.25, -0.2) is 9.78 Å². The molecule has 1 rings (SSSR count). The molecule has 22 heavy (non-hydrogen) atoms. The number of aromatic nitrogens is 1. The molecule has 0 radical (unpaired) electrons. The van der Waals surface area contributed by atoms with Gasteiger partial charge in [-0.2, -0.15) is 0 Å². The maximum absolute atomic E-state index is 11.6. The van der Waals surface area contributed by atoms with Crippen LogP contribution in [0.2, 0.25) is 0 Å². The molecule has 6 heteroatoms. The summed E-state index contributed by atoms with van der Waals surface area (Å²) >= 11 is 0. The number of methoxy groups -OCH3 is 1. The van der Waals surface area contributed by atoms with E-state index in [9.17, 15) is 4.79 Å². The lowest BCUT2D eigenvalue weighted by molar-refractivity contribution is 0.0506. The maximum Gasteiger partial charge on any atom is 0.407 e. The van der Waals surface area contributed by atoms with Crippen LogP contribution in [0.15, 0.2) is 18.2 Å². The normalized spacial score (nSPS) is 12.6. The zero-order valence-electron chi connectivity index (χ0n) is 14.1. The second-order valence-electron chi connectivity index (χ2n) is 6.18. The highest BCUT2D eigenvalue weighted by molar-refractivity contribution is 5.67. The van der Waals surface area contributed by atoms with E-state index in [-0.39, 0.29) is 12.1 Å². The number of rotatable bonds is 7. The van der Waals surface area contributed by atoms with E-state index in [1.54, 1.807) is 7.11 Å². The molecule has 1 atom stereocenters. The quantitative estimate of drug-likeness (QED) is 0.757. The van der Waals surface area contributed by atoms with Gasteiger partial charge in [-0.15, -0.1) is 0 Å². The van der Waals surface area contributed by atoms with Crippen LogP contribution in [0.1, 0.15) is 39.8 Å². The van der Waals surface area contributed by atoms with Crippen LogP contribution in [-0.4, -0.2) is 36.4 Å². The second kappa shape index (κ2) is 8.58. The Kier molecular flexibility index (Phi) is 7.11. The molecule has 0 spiro atoms. The van der Waals surface area contributed by atoms with Gasteiger partial charge in [-0.3, -0.25) is 0 Å². The van der Waals surface area contributed by atoms with Crippen LogP contribution in [0, 0.1) is 0 Å². The highest BCUT2D eigenvalue weighted by Crippen LogP contribution is 2.07. The zero-order valence-corrected chi connectivity index (χ0v) is 14.1. The van der Waals surface area contributed by atoms with Crippen LogP contribution >= 0.6 is 0 Å². The first-order chi connectivity index (χ1) is 10.3. The standard InChI is InChI=1S/C16H27N3O3/c1-12(18-15(20)22-16(2,3)4)9-10-17-11-13-7-6-8-14(19-13)21-5/h6-8,12,17H,9-11H2,1-5H3,(H,18,20). The summed E-state index contributed by atoms with van der Waals surface area (Å²) in [4.78, 5) is 15.9. The van der Waals surface area contributed by atoms with Crippen molar-refractivity contribution in [2.45, 2.75) is 52.3 Å². The van der Waals surface area contributed by atoms with Crippen LogP contribution in [-0.2, 0) is 11.3 Å². The number of hydrogen-bond acceptors (Lipinski definition) is 5. The fraction of sp³-hybridized carbons (Fsp3) is 0.625. The van der Waals surface area contributed by atoms with E-state index in [2.05, 4.69) is 15.6 Å². The van der Waals surface area contributed by atoms with Crippen molar-refractivity contribution in [3.63, 3.8) is 0 Å². The number of alkyl carbamates (subject to hydrolysis) is 1. The van der Waals surface area contributed by atoms with Crippen molar-refractivity contribution < 1.29 is 14.3 Å². The first-order valence-electron chi connectivity index (χ1n) is 7.50. The predicted molar refractivity (Wildman–Crippen MR) is 85.9 cm³/mol. The summed E-state index contributed by atoms with van der Waals surface area (Å²) in [7, 11) is 1.60. The lowest BCUT2D eigenvalue weighted by atomic mass is 10.2. The Labute approximate surface area is 132 Å². The number of nitrogens with zero attached hydrogens (tertiary/aromatic N) is 1. The van der Waals surface area contributed by atoms with E-state index < -0.39 is 5.60 Å². The van der Waals surface area contributed by atoms with Gasteiger partial charge in [-0.05, 0) is 46.7 Å². The number of carbonyl (C=O) groups is 1. The van der Waals surface area contributed by atoms with E-state index in [4.69, 9.17) is 9.47 Å². The summed E-state index contributed by atoms with van der Waals surface area (Å²) < 4.78 is 10.3. The summed E-state index contributed by atoms with van der Waals surface area (Å²) in [6.07, 6.45) is 0.429. The van der Waals surface area contributed by atoms with Crippen LogP contribution in [0.3, 0.4) is 0 Å². The minimum absolute atomic E-state index is 0.0422. The molecule has 0 fully saturated rings. The largest absolute Gasteiger partial charge is 0.481 e. The molecule has 1 aromatic heterocycles. The number of hydrogen-bond donors (Lipinski definition) is 2. The van der Waals surface area contributed by atoms with Crippen LogP contribution < -0.4 is 15.4 Å². The van der Waals surface area contributed by atoms with Gasteiger partial charge in [0.05, 0.1) is 12.8 Å². The monoisotopic (exact) mass is 309 g/mol. The average Bonchev–Trinajstić information content (AvgIpc) is 2.41. The predicted octanol–water partition coefficient (Wildman–Crippen LogP) is 2.48. The average molecular weight is 309 g/mol. The fourth-order valence-corrected chi connectivity index (χ4v) is 1.79. The Bertz CT molecular complexity index is 472. The van der Waals surface area contributed by atoms with Crippen molar-refractivity contribution in [3.05, 3.63) is 23.9 Å². The van der Waals surface area contributed by atoms with Gasteiger partial charge in [0.15, 0.2) is 0 Å². The number of nitrogens with one attached hydrogen (secondary N) is 2. The van der Waals surface area contributed by atoms with Crippen molar-refractivity contribution in [3.8, 4) is 5.88 Å². The van der Waals surface area contributed by atoms with Gasteiger partial charge in [0.2, 0.25) is 5.88 Å². The molecule has 1 heterocycles. The third kappa shape index (κ3) is 7.83. The molecule has 0 aromatic carbocycles. The lowest BCUT2D eigenvalue weighted by Gasteiger charge is -2.22. The highest BCUT2D eigenvalue weighted by Gasteiger charge is 2.17. The van der Waals surface area contributed by atoms with E-state index in [0.29, 0.717) is 12.4 Å². The maximum atomic E-state index is 11.6. The lowest BCUT2D eigenvalue weighted by Crippen LogP contribution is -2.38. The molecule has 0 aliphatic carbocycles. The SMILES string of the molecule is COc1cccc(CNCCC(C)NC(=O)OC(C)(C)C)n1. The Morgan fingerprint density at radius 3 is 2.73 bits per heavy atom. The Balaban J connectivity index is 2.22. The summed E-state index contributed by atoms with van der Waals surface area (Å²) in [5.41, 5.74) is 0.451. The van der Waals surface area contributed by atoms with E-state index in [1.165, 1.54) is 0 Å². The van der Waals surface area contributed by atoms with E-state index in [0.717, 1.165) is 18.7 Å². The van der Waals surface area contributed by atoms with Crippen molar-refractivity contribution in [1.82, 2.24) is 15.6 Å². The Morgan fingerprint density at radius 2 is 2.09 bits per heavy atom. The third-order valence-corrected chi connectivity index (χ3v) is 2.81. The Hall–Kier alpha value is -1.82. The number of ether oxygens (including phenoxy) is 2. The molecule has 1 aromatic rings. The highest BCUT2D eigenvalue weighted by atomic mass is 16.6. The molecular weight excluding hydrogens is 282 g/mol. The van der Waals surface area contributed by atoms with Gasteiger partial charge in [0, 0.05) is 18.7 Å². The van der Waals surface area contributed by atoms with Crippen LogP contribution in [0.25, 0.3) is 0 Å². The van der Waals surface area contributed by atoms with Gasteiger partial charge < -0.3 is 20.1 Å². The van der Waals surface area contributed by atoms with Crippen molar-refractivity contribution in [2.24, 2.45) is 0 Å². The molecule has 0 bridgehead atoms. The number of carbonyl (C=O) groups excluding carboxylic acids is 1. The molecule has 2 N–H and O–H groups in total. The minimum Gasteiger partial charge on any atom is -0.481 e. The van der Waals surface area contributed by atoms with Crippen LogP contribution in [0.5, 0.6) is 5.88 Å². The smallest absolute Gasteiger partial charge is 0.407 e. The molecule has 0 saturated carbocycles. The third-order valence-electron chi connectivity index (χ3n) is 2.81. The van der Waals surface area contributed by atoms with Gasteiger partial charge in [0.25, 0.3) is 0 Å². The number of amides is 1. The number of pyridine rings is 1. The van der Waals surface area contributed by atoms with Gasteiger partial charge in [0.1, 0.15) is 5.60 Å². The van der Waals surface area contributed by atoms with Crippen molar-refractivity contribution >= 4 is 6.09 Å². The molecule has 0 aliphatic rings. The molecule has 0 saturated heterocycles. The van der Waals surface area contributed by atoms with Gasteiger partial charge >= 0.3 is 6.09 Å². The minimum atomic E-state index is -0.472. The Morgan fingerprint density at radius 1 is 1.36 bits per heavy atom. The summed E-state index contributed by atoms with van der Waals surface area (Å²) in [6, 6.07) is 5.71. The molecule has 1 amide bonds. The van der Waals surface area contributed by atoms with Crippen molar-refractivity contribution in [2.75, 3.05) is 13.7 Å². The summed E-state index contributed by atoms with van der Waals surface area (Å²) in [5, 5.41) is 6.11. The summed E-state index contributed by atoms with van der Waals surface area (Å²) in [6.45, 7) is 8.93. The first kappa shape index (κ1) is 18.2. The fourth-order valence-electron chi connectivity index (χ4n) is 1.79. The summed E-state index contributed by atoms with van der Waals surface area (Å²) in [5.74, 6) is 0.610. The molecular formula is C16H27N3O3. The second-order valence-corrected chi connectivity index (χ2v) is 6.18. The first-order valence-corrected chi connectivity index (χ1v) is 7.50. The van der Waals surface area contributed by atoms with E-state index >= 15 is 0 Å². The molecule has 124 valence electrons. The van der Waals surface area contributed by atoms with Gasteiger partial charge in [-0.1, -0.05) is 6.07 Å². The molecule has 6 nitrogen and oxygen atoms in total. The van der Waals surface area contributed by atoms with Crippen LogP contribution in [0.4, 0.5) is 4.79 Å².